The Balaban J connectivity index is 2.30. The average Bonchev–Trinajstić information content (AvgIpc) is 2.72. The molecule has 2 aromatic carbocycles. The summed E-state index contributed by atoms with van der Waals surface area (Å²) in [7, 11) is 0.552. The van der Waals surface area contributed by atoms with Gasteiger partial charge in [-0.15, -0.1) is 0 Å². The monoisotopic (exact) mass is 450 g/mol. The van der Waals surface area contributed by atoms with Crippen LogP contribution in [0.4, 0.5) is 5.69 Å². The Morgan fingerprint density at radius 2 is 1.52 bits per heavy atom. The van der Waals surface area contributed by atoms with Crippen molar-refractivity contribution in [3.8, 4) is 17.2 Å². The molecule has 1 unspecified atom stereocenters. The molecule has 2 aromatic rings. The maximum atomic E-state index is 13.0. The van der Waals surface area contributed by atoms with E-state index in [1.807, 2.05) is 20.8 Å². The molecule has 0 radical (unpaired) electrons. The van der Waals surface area contributed by atoms with Gasteiger partial charge in [0.2, 0.25) is 21.7 Å². The van der Waals surface area contributed by atoms with Gasteiger partial charge in [0.1, 0.15) is 6.04 Å². The fraction of sp³-hybridized carbons (Fsp3) is 0.409. The molecule has 0 aliphatic heterocycles. The second-order valence-electron chi connectivity index (χ2n) is 7.52. The number of anilines is 1. The van der Waals surface area contributed by atoms with Crippen LogP contribution in [0.3, 0.4) is 0 Å². The lowest BCUT2D eigenvalue weighted by atomic mass is 10.0. The van der Waals surface area contributed by atoms with Crippen LogP contribution >= 0.6 is 0 Å². The number of methoxy groups -OCH3 is 3. The van der Waals surface area contributed by atoms with E-state index in [1.165, 1.54) is 33.5 Å². The van der Waals surface area contributed by atoms with E-state index in [2.05, 4.69) is 10.0 Å². The molecule has 1 amide bonds. The third-order valence-corrected chi connectivity index (χ3v) is 6.07. The molecule has 1 atom stereocenters. The molecule has 31 heavy (non-hydrogen) atoms. The molecule has 0 aliphatic carbocycles. The maximum absolute atomic E-state index is 13.0. The average molecular weight is 451 g/mol. The first-order chi connectivity index (χ1) is 14.6. The lowest BCUT2D eigenvalue weighted by Crippen LogP contribution is -2.44. The van der Waals surface area contributed by atoms with Crippen LogP contribution in [0.15, 0.2) is 41.3 Å². The van der Waals surface area contributed by atoms with Crippen LogP contribution in [-0.4, -0.2) is 41.7 Å². The number of ether oxygens (including phenoxy) is 3. The van der Waals surface area contributed by atoms with Gasteiger partial charge >= 0.3 is 0 Å². The van der Waals surface area contributed by atoms with E-state index < -0.39 is 22.0 Å². The number of rotatable bonds is 10. The highest BCUT2D eigenvalue weighted by Crippen LogP contribution is 2.40. The number of hydrogen-bond acceptors (Lipinski definition) is 6. The molecule has 0 saturated heterocycles. The van der Waals surface area contributed by atoms with Gasteiger partial charge in [-0.1, -0.05) is 31.5 Å². The molecule has 2 rings (SSSR count). The Morgan fingerprint density at radius 3 is 1.97 bits per heavy atom. The summed E-state index contributed by atoms with van der Waals surface area (Å²) in [5.74, 6) is 0.729. The zero-order chi connectivity index (χ0) is 23.2. The van der Waals surface area contributed by atoms with Crippen molar-refractivity contribution in [2.75, 3.05) is 26.6 Å². The highest BCUT2D eigenvalue weighted by Gasteiger charge is 2.27. The van der Waals surface area contributed by atoms with E-state index >= 15 is 0 Å². The smallest absolute Gasteiger partial charge is 0.242 e. The minimum atomic E-state index is -3.88. The molecule has 170 valence electrons. The minimum absolute atomic E-state index is 0.0800. The van der Waals surface area contributed by atoms with Crippen molar-refractivity contribution >= 4 is 21.6 Å². The molecular weight excluding hydrogens is 420 g/mol. The molecule has 0 heterocycles. The summed E-state index contributed by atoms with van der Waals surface area (Å²) in [4.78, 5) is 13.1. The van der Waals surface area contributed by atoms with E-state index in [9.17, 15) is 13.2 Å². The molecule has 0 bridgehead atoms. The van der Waals surface area contributed by atoms with Crippen LogP contribution in [0, 0.1) is 12.8 Å². The van der Waals surface area contributed by atoms with Gasteiger partial charge in [-0.25, -0.2) is 8.42 Å². The third kappa shape index (κ3) is 6.35. The zero-order valence-corrected chi connectivity index (χ0v) is 19.5. The first kappa shape index (κ1) is 24.5. The van der Waals surface area contributed by atoms with Crippen molar-refractivity contribution in [2.45, 2.75) is 38.1 Å². The Bertz CT molecular complexity index is 978. The van der Waals surface area contributed by atoms with Crippen molar-refractivity contribution in [3.63, 3.8) is 0 Å². The molecule has 0 fully saturated rings. The van der Waals surface area contributed by atoms with Crippen molar-refractivity contribution < 1.29 is 27.4 Å². The van der Waals surface area contributed by atoms with E-state index in [4.69, 9.17) is 14.2 Å². The van der Waals surface area contributed by atoms with Gasteiger partial charge in [0.15, 0.2) is 11.5 Å². The van der Waals surface area contributed by atoms with Crippen LogP contribution in [0.2, 0.25) is 0 Å². The number of benzene rings is 2. The fourth-order valence-corrected chi connectivity index (χ4v) is 4.24. The number of carbonyl (C=O) groups is 1. The Morgan fingerprint density at radius 1 is 0.968 bits per heavy atom. The summed E-state index contributed by atoms with van der Waals surface area (Å²) in [6.45, 7) is 5.70. The number of amides is 1. The summed E-state index contributed by atoms with van der Waals surface area (Å²) in [5.41, 5.74) is 1.33. The topological polar surface area (TPSA) is 103 Å². The van der Waals surface area contributed by atoms with Gasteiger partial charge in [-0.2, -0.15) is 4.72 Å². The standard InChI is InChI=1S/C22H30N2O6S/c1-14(2)11-18(24-31(26,27)17-9-7-15(3)8-10-17)22(25)23-16-12-19(28-4)21(30-6)20(13-16)29-5/h7-10,12-14,18,24H,11H2,1-6H3,(H,23,25). The van der Waals surface area contributed by atoms with E-state index in [0.29, 0.717) is 29.4 Å². The maximum Gasteiger partial charge on any atom is 0.242 e. The second kappa shape index (κ2) is 10.5. The van der Waals surface area contributed by atoms with Crippen molar-refractivity contribution in [2.24, 2.45) is 5.92 Å². The van der Waals surface area contributed by atoms with E-state index in [0.717, 1.165) is 5.56 Å². The van der Waals surface area contributed by atoms with Gasteiger partial charge in [-0.05, 0) is 31.4 Å². The number of carbonyl (C=O) groups excluding carboxylic acids is 1. The molecule has 9 heteroatoms. The predicted octanol–water partition coefficient (Wildman–Crippen LogP) is 3.35. The minimum Gasteiger partial charge on any atom is -0.493 e. The fourth-order valence-electron chi connectivity index (χ4n) is 3.04. The Labute approximate surface area is 184 Å². The molecule has 2 N–H and O–H groups in total. The van der Waals surface area contributed by atoms with Crippen molar-refractivity contribution in [1.29, 1.82) is 0 Å². The van der Waals surface area contributed by atoms with Crippen LogP contribution in [0.1, 0.15) is 25.8 Å². The molecule has 0 spiro atoms. The van der Waals surface area contributed by atoms with Crippen molar-refractivity contribution in [3.05, 3.63) is 42.0 Å². The van der Waals surface area contributed by atoms with Crippen LogP contribution < -0.4 is 24.2 Å². The lowest BCUT2D eigenvalue weighted by Gasteiger charge is -2.21. The van der Waals surface area contributed by atoms with Crippen molar-refractivity contribution in [1.82, 2.24) is 4.72 Å². The second-order valence-corrected chi connectivity index (χ2v) is 9.23. The Kier molecular flexibility index (Phi) is 8.29. The summed E-state index contributed by atoms with van der Waals surface area (Å²) in [5, 5.41) is 2.75. The summed E-state index contributed by atoms with van der Waals surface area (Å²) in [6.07, 6.45) is 0.321. The molecular formula is C22H30N2O6S. The van der Waals surface area contributed by atoms with Crippen LogP contribution in [-0.2, 0) is 14.8 Å². The normalized spacial score (nSPS) is 12.4. The quantitative estimate of drug-likeness (QED) is 0.575. The molecule has 0 aromatic heterocycles. The predicted molar refractivity (Wildman–Crippen MR) is 119 cm³/mol. The van der Waals surface area contributed by atoms with E-state index in [-0.39, 0.29) is 10.8 Å². The van der Waals surface area contributed by atoms with E-state index in [1.54, 1.807) is 24.3 Å². The first-order valence-electron chi connectivity index (χ1n) is 9.81. The van der Waals surface area contributed by atoms with Crippen LogP contribution in [0.25, 0.3) is 0 Å². The summed E-state index contributed by atoms with van der Waals surface area (Å²) in [6, 6.07) is 8.65. The highest BCUT2D eigenvalue weighted by molar-refractivity contribution is 7.89. The van der Waals surface area contributed by atoms with Gasteiger partial charge < -0.3 is 19.5 Å². The largest absolute Gasteiger partial charge is 0.493 e. The number of sulfonamides is 1. The summed E-state index contributed by atoms with van der Waals surface area (Å²) < 4.78 is 44.1. The van der Waals surface area contributed by atoms with Gasteiger partial charge in [-0.3, -0.25) is 4.79 Å². The number of nitrogens with one attached hydrogen (secondary N) is 2. The van der Waals surface area contributed by atoms with Crippen LogP contribution in [0.5, 0.6) is 17.2 Å². The number of hydrogen-bond donors (Lipinski definition) is 2. The van der Waals surface area contributed by atoms with Gasteiger partial charge in [0.25, 0.3) is 0 Å². The Hall–Kier alpha value is -2.78. The SMILES string of the molecule is COc1cc(NC(=O)C(CC(C)C)NS(=O)(=O)c2ccc(C)cc2)cc(OC)c1OC. The first-order valence-corrected chi connectivity index (χ1v) is 11.3. The van der Waals surface area contributed by atoms with Gasteiger partial charge in [0.05, 0.1) is 26.2 Å². The molecule has 0 aliphatic rings. The molecule has 8 nitrogen and oxygen atoms in total. The third-order valence-electron chi connectivity index (χ3n) is 4.58. The van der Waals surface area contributed by atoms with Gasteiger partial charge in [0, 0.05) is 17.8 Å². The molecule has 0 saturated carbocycles. The number of aryl methyl sites for hydroxylation is 1. The lowest BCUT2D eigenvalue weighted by molar-refractivity contribution is -0.118. The highest BCUT2D eigenvalue weighted by atomic mass is 32.2. The zero-order valence-electron chi connectivity index (χ0n) is 18.7. The summed E-state index contributed by atoms with van der Waals surface area (Å²) >= 11 is 0.